The number of phenolic OH excluding ortho intramolecular Hbond substituents is 1. The zero-order valence-electron chi connectivity index (χ0n) is 17.8. The summed E-state index contributed by atoms with van der Waals surface area (Å²) in [5.74, 6) is 0.0758. The highest BCUT2D eigenvalue weighted by molar-refractivity contribution is 7.86. The summed E-state index contributed by atoms with van der Waals surface area (Å²) in [6.45, 7) is 1.88. The maximum absolute atomic E-state index is 12.1. The molecule has 0 radical (unpaired) electrons. The van der Waals surface area contributed by atoms with E-state index < -0.39 is 10.1 Å². The smallest absolute Gasteiger partial charge is 0.298 e. The molecule has 0 heterocycles. The van der Waals surface area contributed by atoms with Crippen molar-refractivity contribution in [2.24, 2.45) is 0 Å². The van der Waals surface area contributed by atoms with E-state index in [1.54, 1.807) is 54.4 Å². The van der Waals surface area contributed by atoms with Crippen LogP contribution < -0.4 is 20.9 Å². The van der Waals surface area contributed by atoms with Crippen LogP contribution in [0.15, 0.2) is 83.8 Å². The number of ether oxygens (including phenoxy) is 1. The second-order valence-corrected chi connectivity index (χ2v) is 8.59. The van der Waals surface area contributed by atoms with Crippen molar-refractivity contribution in [1.29, 1.82) is 0 Å². The second kappa shape index (κ2) is 8.89. The van der Waals surface area contributed by atoms with Gasteiger partial charge in [0.25, 0.3) is 10.1 Å². The molecule has 8 nitrogen and oxygen atoms in total. The number of nitrogens with one attached hydrogen (secondary N) is 1. The van der Waals surface area contributed by atoms with Gasteiger partial charge in [-0.15, -0.1) is 0 Å². The number of nitrogens with two attached hydrogens (primary N) is 1. The topological polar surface area (TPSA) is 125 Å². The zero-order chi connectivity index (χ0) is 23.6. The van der Waals surface area contributed by atoms with Crippen molar-refractivity contribution in [3.63, 3.8) is 0 Å². The Bertz CT molecular complexity index is 1420. The van der Waals surface area contributed by atoms with Gasteiger partial charge in [-0.05, 0) is 43.3 Å². The molecule has 0 saturated carbocycles. The summed E-state index contributed by atoms with van der Waals surface area (Å²) in [6.07, 6.45) is 0. The molecule has 0 aliphatic heterocycles. The Hall–Kier alpha value is -3.95. The number of benzene rings is 4. The fourth-order valence-corrected chi connectivity index (χ4v) is 4.25. The van der Waals surface area contributed by atoms with Crippen molar-refractivity contribution in [2.45, 2.75) is 11.8 Å². The van der Waals surface area contributed by atoms with Crippen LogP contribution in [0.4, 0.5) is 22.7 Å². The first-order chi connectivity index (χ1) is 15.8. The van der Waals surface area contributed by atoms with Gasteiger partial charge in [0.2, 0.25) is 0 Å². The average molecular weight is 466 g/mol. The van der Waals surface area contributed by atoms with Gasteiger partial charge in [-0.1, -0.05) is 42.5 Å². The van der Waals surface area contributed by atoms with Gasteiger partial charge < -0.3 is 15.6 Å². The Labute approximate surface area is 191 Å². The minimum atomic E-state index is -4.57. The third-order valence-corrected chi connectivity index (χ3v) is 5.95. The third-order valence-electron chi connectivity index (χ3n) is 5.08. The number of anilines is 4. The number of fused-ring (bicyclic) bond motifs is 1. The van der Waals surface area contributed by atoms with Crippen LogP contribution in [0.5, 0.6) is 11.5 Å². The molecule has 0 spiro atoms. The van der Waals surface area contributed by atoms with Crippen molar-refractivity contribution < 1.29 is 22.8 Å². The van der Waals surface area contributed by atoms with Crippen LogP contribution in [0.3, 0.4) is 0 Å². The van der Waals surface area contributed by atoms with Crippen LogP contribution in [0, 0.1) is 0 Å². The van der Waals surface area contributed by atoms with Crippen LogP contribution in [0.1, 0.15) is 6.92 Å². The molecule has 0 saturated heterocycles. The maximum Gasteiger partial charge on any atom is 0.298 e. The summed E-state index contributed by atoms with van der Waals surface area (Å²) in [4.78, 5) is -0.363. The summed E-state index contributed by atoms with van der Waals surface area (Å²) in [5.41, 5.74) is 11.4. The highest BCUT2D eigenvalue weighted by atomic mass is 32.2. The van der Waals surface area contributed by atoms with E-state index in [-0.39, 0.29) is 23.0 Å². The van der Waals surface area contributed by atoms with Gasteiger partial charge in [0.1, 0.15) is 16.3 Å². The summed E-state index contributed by atoms with van der Waals surface area (Å²) >= 11 is 0. The second-order valence-electron chi connectivity index (χ2n) is 7.20. The van der Waals surface area contributed by atoms with E-state index >= 15 is 0 Å². The number of hydrazine groups is 1. The molecule has 0 aromatic heterocycles. The number of nitrogens with zero attached hydrogens (tertiary/aromatic N) is 1. The molecule has 33 heavy (non-hydrogen) atoms. The molecule has 0 aliphatic carbocycles. The van der Waals surface area contributed by atoms with Crippen molar-refractivity contribution in [2.75, 3.05) is 22.8 Å². The molecule has 4 aromatic rings. The van der Waals surface area contributed by atoms with E-state index in [2.05, 4.69) is 5.43 Å². The lowest BCUT2D eigenvalue weighted by Crippen LogP contribution is -2.26. The Morgan fingerprint density at radius 2 is 1.61 bits per heavy atom. The number of hydrogen-bond acceptors (Lipinski definition) is 7. The van der Waals surface area contributed by atoms with Gasteiger partial charge in [0, 0.05) is 10.8 Å². The largest absolute Gasteiger partial charge is 0.507 e. The highest BCUT2D eigenvalue weighted by Gasteiger charge is 2.25. The van der Waals surface area contributed by atoms with E-state index in [9.17, 15) is 18.1 Å². The van der Waals surface area contributed by atoms with E-state index in [0.717, 1.165) is 0 Å². The summed E-state index contributed by atoms with van der Waals surface area (Å²) in [7, 11) is -4.57. The number of phenols is 1. The lowest BCUT2D eigenvalue weighted by molar-refractivity contribution is 0.330. The molecule has 0 fully saturated rings. The standard InChI is InChI=1S/C24H23N3O5S/c1-2-32-24-21(12-7-13-23(24)33(29,30)31)27(26-19-11-6-5-10-18(19)25)20-14-15-22(28)17-9-4-3-8-16(17)20/h3-15,26,28H,2,25H2,1H3,(H,29,30,31). The SMILES string of the molecule is CCOc1c(N(Nc2ccccc2N)c2ccc(O)c3ccccc23)cccc1S(=O)(=O)O. The van der Waals surface area contributed by atoms with Crippen LogP contribution in [-0.2, 0) is 10.1 Å². The molecule has 0 aliphatic rings. The van der Waals surface area contributed by atoms with Crippen LogP contribution in [0.2, 0.25) is 0 Å². The molecule has 4 rings (SSSR count). The maximum atomic E-state index is 12.1. The van der Waals surface area contributed by atoms with Gasteiger partial charge in [-0.2, -0.15) is 8.42 Å². The Kier molecular flexibility index (Phi) is 5.99. The minimum Gasteiger partial charge on any atom is -0.507 e. The summed E-state index contributed by atoms with van der Waals surface area (Å²) < 4.78 is 39.7. The van der Waals surface area contributed by atoms with Crippen molar-refractivity contribution in [1.82, 2.24) is 0 Å². The molecular weight excluding hydrogens is 442 g/mol. The molecule has 5 N–H and O–H groups in total. The first-order valence-corrected chi connectivity index (χ1v) is 11.6. The predicted molar refractivity (Wildman–Crippen MR) is 130 cm³/mol. The predicted octanol–water partition coefficient (Wildman–Crippen LogP) is 4.94. The van der Waals surface area contributed by atoms with E-state index in [4.69, 9.17) is 10.5 Å². The molecule has 0 amide bonds. The summed E-state index contributed by atoms with van der Waals surface area (Å²) in [6, 6.07) is 22.0. The molecular formula is C24H23N3O5S. The number of hydrogen-bond donors (Lipinski definition) is 4. The quantitative estimate of drug-likeness (QED) is 0.172. The molecule has 4 aromatic carbocycles. The fourth-order valence-electron chi connectivity index (χ4n) is 3.60. The lowest BCUT2D eigenvalue weighted by Gasteiger charge is -2.30. The molecule has 0 bridgehead atoms. The fraction of sp³-hybridized carbons (Fsp3) is 0.0833. The highest BCUT2D eigenvalue weighted by Crippen LogP contribution is 2.42. The number of para-hydroxylation sites is 3. The van der Waals surface area contributed by atoms with Crippen LogP contribution in [-0.4, -0.2) is 24.7 Å². The van der Waals surface area contributed by atoms with Crippen LogP contribution in [0.25, 0.3) is 10.8 Å². The monoisotopic (exact) mass is 465 g/mol. The third kappa shape index (κ3) is 4.36. The number of nitrogen functional groups attached to an aromatic ring is 1. The van der Waals surface area contributed by atoms with Crippen LogP contribution >= 0.6 is 0 Å². The number of rotatable bonds is 7. The number of aromatic hydroxyl groups is 1. The van der Waals surface area contributed by atoms with Crippen molar-refractivity contribution in [3.05, 3.63) is 78.9 Å². The van der Waals surface area contributed by atoms with Gasteiger partial charge in [-0.25, -0.2) is 0 Å². The first kappa shape index (κ1) is 22.3. The Morgan fingerprint density at radius 3 is 2.30 bits per heavy atom. The minimum absolute atomic E-state index is 0.0262. The van der Waals surface area contributed by atoms with Gasteiger partial charge in [0.05, 0.1) is 23.7 Å². The van der Waals surface area contributed by atoms with E-state index in [0.29, 0.717) is 33.5 Å². The molecule has 9 heteroatoms. The Balaban J connectivity index is 2.02. The van der Waals surface area contributed by atoms with Gasteiger partial charge >= 0.3 is 0 Å². The van der Waals surface area contributed by atoms with Crippen molar-refractivity contribution >= 4 is 43.6 Å². The summed E-state index contributed by atoms with van der Waals surface area (Å²) in [5, 5.41) is 13.3. The van der Waals surface area contributed by atoms with Gasteiger partial charge in [0.15, 0.2) is 5.75 Å². The van der Waals surface area contributed by atoms with E-state index in [1.165, 1.54) is 12.1 Å². The average Bonchev–Trinajstić information content (AvgIpc) is 2.79. The molecule has 0 atom stereocenters. The zero-order valence-corrected chi connectivity index (χ0v) is 18.6. The lowest BCUT2D eigenvalue weighted by atomic mass is 10.1. The van der Waals surface area contributed by atoms with Crippen molar-refractivity contribution in [3.8, 4) is 11.5 Å². The Morgan fingerprint density at radius 1 is 0.909 bits per heavy atom. The first-order valence-electron chi connectivity index (χ1n) is 10.2. The van der Waals surface area contributed by atoms with E-state index in [1.807, 2.05) is 24.3 Å². The molecule has 0 unspecified atom stereocenters. The van der Waals surface area contributed by atoms with Gasteiger partial charge in [-0.3, -0.25) is 15.0 Å². The molecule has 170 valence electrons. The normalized spacial score (nSPS) is 11.3.